The zero-order valence-electron chi connectivity index (χ0n) is 20.5. The summed E-state index contributed by atoms with van der Waals surface area (Å²) in [5.41, 5.74) is 4.14. The Morgan fingerprint density at radius 3 is 2.42 bits per heavy atom. The molecule has 0 unspecified atom stereocenters. The van der Waals surface area contributed by atoms with Gasteiger partial charge in [-0.15, -0.1) is 0 Å². The SMILES string of the molecule is Cc1cc(C)nc(SCC(=O)Nc2cccc(COc3ccc(NC(=O)C4CCOCC4)cc3)c2)n1. The number of aromatic nitrogens is 2. The molecule has 2 heterocycles. The molecule has 1 aromatic heterocycles. The molecular weight excluding hydrogens is 476 g/mol. The molecular formula is C27H30N4O4S. The number of hydrogen-bond donors (Lipinski definition) is 2. The Labute approximate surface area is 215 Å². The summed E-state index contributed by atoms with van der Waals surface area (Å²) in [6.07, 6.45) is 1.51. The van der Waals surface area contributed by atoms with Gasteiger partial charge < -0.3 is 20.1 Å². The van der Waals surface area contributed by atoms with Crippen LogP contribution in [0, 0.1) is 19.8 Å². The number of hydrogen-bond acceptors (Lipinski definition) is 7. The van der Waals surface area contributed by atoms with Crippen LogP contribution in [0.3, 0.4) is 0 Å². The molecule has 188 valence electrons. The standard InChI is InChI=1S/C27H30N4O4S/c1-18-14-19(2)29-27(28-18)36-17-25(32)30-23-5-3-4-20(15-23)16-35-24-8-6-22(7-9-24)31-26(33)21-10-12-34-13-11-21/h3-9,14-15,21H,10-13,16-17H2,1-2H3,(H,30,32)(H,31,33). The van der Waals surface area contributed by atoms with E-state index in [1.54, 1.807) is 0 Å². The fraction of sp³-hybridized carbons (Fsp3) is 0.333. The van der Waals surface area contributed by atoms with E-state index in [9.17, 15) is 9.59 Å². The Bertz CT molecular complexity index is 1180. The lowest BCUT2D eigenvalue weighted by molar-refractivity contribution is -0.122. The van der Waals surface area contributed by atoms with Gasteiger partial charge in [-0.25, -0.2) is 9.97 Å². The second-order valence-electron chi connectivity index (χ2n) is 8.66. The number of rotatable bonds is 9. The van der Waals surface area contributed by atoms with Crippen molar-refractivity contribution in [1.29, 1.82) is 0 Å². The predicted molar refractivity (Wildman–Crippen MR) is 140 cm³/mol. The predicted octanol–water partition coefficient (Wildman–Crippen LogP) is 4.77. The molecule has 0 spiro atoms. The zero-order chi connectivity index (χ0) is 25.3. The summed E-state index contributed by atoms with van der Waals surface area (Å²) in [5, 5.41) is 6.47. The van der Waals surface area contributed by atoms with Crippen LogP contribution in [0.2, 0.25) is 0 Å². The second-order valence-corrected chi connectivity index (χ2v) is 9.60. The van der Waals surface area contributed by atoms with Gasteiger partial charge in [0.25, 0.3) is 0 Å². The summed E-state index contributed by atoms with van der Waals surface area (Å²) in [6.45, 7) is 5.44. The van der Waals surface area contributed by atoms with Gasteiger partial charge in [-0.3, -0.25) is 9.59 Å². The first-order valence-electron chi connectivity index (χ1n) is 11.9. The summed E-state index contributed by atoms with van der Waals surface area (Å²) in [6, 6.07) is 16.8. The summed E-state index contributed by atoms with van der Waals surface area (Å²) in [7, 11) is 0. The lowest BCUT2D eigenvalue weighted by Crippen LogP contribution is -2.28. The van der Waals surface area contributed by atoms with E-state index in [1.807, 2.05) is 68.4 Å². The Morgan fingerprint density at radius 1 is 0.972 bits per heavy atom. The van der Waals surface area contributed by atoms with E-state index in [4.69, 9.17) is 9.47 Å². The van der Waals surface area contributed by atoms with Crippen molar-refractivity contribution in [2.45, 2.75) is 38.5 Å². The number of aryl methyl sites for hydroxylation is 2. The monoisotopic (exact) mass is 506 g/mol. The van der Waals surface area contributed by atoms with E-state index < -0.39 is 0 Å². The Morgan fingerprint density at radius 2 is 1.69 bits per heavy atom. The van der Waals surface area contributed by atoms with Crippen molar-refractivity contribution in [1.82, 2.24) is 9.97 Å². The van der Waals surface area contributed by atoms with Gasteiger partial charge in [0.2, 0.25) is 11.8 Å². The maximum Gasteiger partial charge on any atom is 0.234 e. The molecule has 2 amide bonds. The van der Waals surface area contributed by atoms with E-state index in [0.29, 0.717) is 36.4 Å². The molecule has 1 saturated heterocycles. The maximum absolute atomic E-state index is 12.4. The fourth-order valence-corrected chi connectivity index (χ4v) is 4.58. The van der Waals surface area contributed by atoms with E-state index in [1.165, 1.54) is 11.8 Å². The number of nitrogens with zero attached hydrogens (tertiary/aromatic N) is 2. The van der Waals surface area contributed by atoms with Crippen LogP contribution in [-0.2, 0) is 20.9 Å². The van der Waals surface area contributed by atoms with Gasteiger partial charge in [0.15, 0.2) is 5.16 Å². The number of thioether (sulfide) groups is 1. The third kappa shape index (κ3) is 7.79. The second kappa shape index (κ2) is 12.5. The van der Waals surface area contributed by atoms with Gasteiger partial charge in [0.1, 0.15) is 12.4 Å². The number of carbonyl (C=O) groups excluding carboxylic acids is 2. The molecule has 36 heavy (non-hydrogen) atoms. The Kier molecular flexibility index (Phi) is 8.91. The van der Waals surface area contributed by atoms with Crippen molar-refractivity contribution in [3.05, 3.63) is 71.5 Å². The lowest BCUT2D eigenvalue weighted by atomic mass is 9.99. The number of nitrogens with one attached hydrogen (secondary N) is 2. The molecule has 1 aliphatic rings. The van der Waals surface area contributed by atoms with E-state index in [-0.39, 0.29) is 23.5 Å². The smallest absolute Gasteiger partial charge is 0.234 e. The molecule has 0 bridgehead atoms. The zero-order valence-corrected chi connectivity index (χ0v) is 21.3. The minimum Gasteiger partial charge on any atom is -0.489 e. The third-order valence-corrected chi connectivity index (χ3v) is 6.47. The van der Waals surface area contributed by atoms with Crippen molar-refractivity contribution in [3.63, 3.8) is 0 Å². The van der Waals surface area contributed by atoms with Crippen LogP contribution in [0.1, 0.15) is 29.8 Å². The van der Waals surface area contributed by atoms with Gasteiger partial charge in [0, 0.05) is 41.9 Å². The first-order chi connectivity index (χ1) is 17.4. The summed E-state index contributed by atoms with van der Waals surface area (Å²) in [4.78, 5) is 33.5. The number of ether oxygens (including phenoxy) is 2. The highest BCUT2D eigenvalue weighted by Gasteiger charge is 2.21. The number of benzene rings is 2. The van der Waals surface area contributed by atoms with Crippen molar-refractivity contribution in [2.24, 2.45) is 5.92 Å². The van der Waals surface area contributed by atoms with Crippen molar-refractivity contribution in [2.75, 3.05) is 29.6 Å². The van der Waals surface area contributed by atoms with Crippen LogP contribution >= 0.6 is 11.8 Å². The van der Waals surface area contributed by atoms with Gasteiger partial charge in [0.05, 0.1) is 5.75 Å². The van der Waals surface area contributed by atoms with Crippen LogP contribution in [0.5, 0.6) is 5.75 Å². The normalized spacial score (nSPS) is 13.7. The van der Waals surface area contributed by atoms with Crippen molar-refractivity contribution in [3.8, 4) is 5.75 Å². The van der Waals surface area contributed by atoms with Gasteiger partial charge in [-0.05, 0) is 74.7 Å². The molecule has 1 fully saturated rings. The van der Waals surface area contributed by atoms with Gasteiger partial charge >= 0.3 is 0 Å². The first-order valence-corrected chi connectivity index (χ1v) is 12.9. The fourth-order valence-electron chi connectivity index (χ4n) is 3.83. The number of carbonyl (C=O) groups is 2. The minimum atomic E-state index is -0.126. The maximum atomic E-state index is 12.4. The number of amides is 2. The van der Waals surface area contributed by atoms with Crippen LogP contribution in [0.4, 0.5) is 11.4 Å². The van der Waals surface area contributed by atoms with Crippen molar-refractivity contribution < 1.29 is 19.1 Å². The van der Waals surface area contributed by atoms with Crippen LogP contribution in [0.25, 0.3) is 0 Å². The Hall–Kier alpha value is -3.43. The number of anilines is 2. The minimum absolute atomic E-state index is 0.00102. The quantitative estimate of drug-likeness (QED) is 0.318. The molecule has 4 rings (SSSR count). The highest BCUT2D eigenvalue weighted by Crippen LogP contribution is 2.21. The summed E-state index contributed by atoms with van der Waals surface area (Å²) < 4.78 is 11.2. The first kappa shape index (κ1) is 25.7. The van der Waals surface area contributed by atoms with Crippen molar-refractivity contribution >= 4 is 35.0 Å². The molecule has 0 aliphatic carbocycles. The highest BCUT2D eigenvalue weighted by atomic mass is 32.2. The molecule has 9 heteroatoms. The molecule has 8 nitrogen and oxygen atoms in total. The van der Waals surface area contributed by atoms with E-state index >= 15 is 0 Å². The van der Waals surface area contributed by atoms with Gasteiger partial charge in [-0.2, -0.15) is 0 Å². The van der Waals surface area contributed by atoms with Crippen LogP contribution < -0.4 is 15.4 Å². The molecule has 3 aromatic rings. The topological polar surface area (TPSA) is 102 Å². The molecule has 2 aromatic carbocycles. The Balaban J connectivity index is 1.24. The summed E-state index contributed by atoms with van der Waals surface area (Å²) >= 11 is 1.31. The largest absolute Gasteiger partial charge is 0.489 e. The van der Waals surface area contributed by atoms with Crippen LogP contribution in [0.15, 0.2) is 59.8 Å². The van der Waals surface area contributed by atoms with Crippen LogP contribution in [-0.4, -0.2) is 40.7 Å². The van der Waals surface area contributed by atoms with Gasteiger partial charge in [-0.1, -0.05) is 23.9 Å². The highest BCUT2D eigenvalue weighted by molar-refractivity contribution is 7.99. The molecule has 2 N–H and O–H groups in total. The lowest BCUT2D eigenvalue weighted by Gasteiger charge is -2.21. The average Bonchev–Trinajstić information content (AvgIpc) is 2.87. The molecule has 0 saturated carbocycles. The molecule has 0 radical (unpaired) electrons. The molecule has 0 atom stereocenters. The van der Waals surface area contributed by atoms with E-state index in [0.717, 1.165) is 35.5 Å². The third-order valence-electron chi connectivity index (χ3n) is 5.62. The average molecular weight is 507 g/mol. The van der Waals surface area contributed by atoms with E-state index in [2.05, 4.69) is 20.6 Å². The summed E-state index contributed by atoms with van der Waals surface area (Å²) in [5.74, 6) is 0.825. The molecule has 1 aliphatic heterocycles.